The monoisotopic (exact) mass is 214 g/mol. The van der Waals surface area contributed by atoms with Crippen LogP contribution in [-0.2, 0) is 4.89 Å². The fourth-order valence-electron chi connectivity index (χ4n) is 1.81. The van der Waals surface area contributed by atoms with E-state index in [1.807, 2.05) is 43.3 Å². The van der Waals surface area contributed by atoms with Crippen LogP contribution in [0, 0.1) is 0 Å². The first-order valence-electron chi connectivity index (χ1n) is 5.16. The standard InChI is InChI=1S/C14H14O2/c1-10(2)14(16-15)13-8-7-11-5-3-4-6-12(11)9-13/h3-9,14-15H,1H2,2H3. The van der Waals surface area contributed by atoms with E-state index in [1.165, 1.54) is 5.39 Å². The molecule has 2 aromatic rings. The zero-order valence-corrected chi connectivity index (χ0v) is 9.18. The first-order chi connectivity index (χ1) is 7.72. The molecule has 2 nitrogen and oxygen atoms in total. The normalized spacial score (nSPS) is 12.6. The quantitative estimate of drug-likeness (QED) is 0.476. The third-order valence-electron chi connectivity index (χ3n) is 2.63. The Kier molecular flexibility index (Phi) is 3.04. The number of benzene rings is 2. The topological polar surface area (TPSA) is 29.5 Å². The first kappa shape index (κ1) is 10.9. The molecule has 0 aromatic heterocycles. The molecule has 2 rings (SSSR count). The molecule has 0 aliphatic heterocycles. The molecule has 0 fully saturated rings. The van der Waals surface area contributed by atoms with Crippen molar-refractivity contribution >= 4 is 10.8 Å². The Bertz CT molecular complexity index is 517. The van der Waals surface area contributed by atoms with E-state index in [2.05, 4.69) is 17.5 Å². The van der Waals surface area contributed by atoms with E-state index < -0.39 is 6.10 Å². The van der Waals surface area contributed by atoms with Gasteiger partial charge in [-0.3, -0.25) is 5.26 Å². The summed E-state index contributed by atoms with van der Waals surface area (Å²) >= 11 is 0. The minimum absolute atomic E-state index is 0.454. The molecular weight excluding hydrogens is 200 g/mol. The van der Waals surface area contributed by atoms with Gasteiger partial charge in [0, 0.05) is 0 Å². The van der Waals surface area contributed by atoms with Gasteiger partial charge in [0.25, 0.3) is 0 Å². The zero-order chi connectivity index (χ0) is 11.5. The third kappa shape index (κ3) is 1.98. The molecule has 2 aromatic carbocycles. The van der Waals surface area contributed by atoms with E-state index in [0.717, 1.165) is 16.5 Å². The molecule has 0 saturated carbocycles. The number of fused-ring (bicyclic) bond motifs is 1. The zero-order valence-electron chi connectivity index (χ0n) is 9.18. The predicted octanol–water partition coefficient (Wildman–Crippen LogP) is 3.95. The largest absolute Gasteiger partial charge is 0.251 e. The Morgan fingerprint density at radius 1 is 1.19 bits per heavy atom. The molecular formula is C14H14O2. The lowest BCUT2D eigenvalue weighted by Gasteiger charge is -2.14. The molecule has 1 N–H and O–H groups in total. The maximum absolute atomic E-state index is 8.86. The highest BCUT2D eigenvalue weighted by atomic mass is 17.1. The Morgan fingerprint density at radius 3 is 2.50 bits per heavy atom. The average Bonchev–Trinajstić information content (AvgIpc) is 2.29. The summed E-state index contributed by atoms with van der Waals surface area (Å²) in [4.78, 5) is 4.45. The van der Waals surface area contributed by atoms with Gasteiger partial charge in [-0.15, -0.1) is 0 Å². The van der Waals surface area contributed by atoms with Crippen LogP contribution >= 0.6 is 0 Å². The van der Waals surface area contributed by atoms with Crippen LogP contribution in [0.4, 0.5) is 0 Å². The lowest BCUT2D eigenvalue weighted by atomic mass is 10.0. The fourth-order valence-corrected chi connectivity index (χ4v) is 1.81. The number of hydrogen-bond acceptors (Lipinski definition) is 2. The summed E-state index contributed by atoms with van der Waals surface area (Å²) in [6.45, 7) is 5.63. The van der Waals surface area contributed by atoms with Crippen LogP contribution in [0.25, 0.3) is 10.8 Å². The van der Waals surface area contributed by atoms with Crippen molar-refractivity contribution in [3.63, 3.8) is 0 Å². The molecule has 0 aliphatic rings. The van der Waals surface area contributed by atoms with Crippen molar-refractivity contribution in [1.29, 1.82) is 0 Å². The minimum atomic E-state index is -0.454. The van der Waals surface area contributed by atoms with E-state index >= 15 is 0 Å². The molecule has 16 heavy (non-hydrogen) atoms. The molecule has 0 heterocycles. The van der Waals surface area contributed by atoms with Crippen LogP contribution in [0.2, 0.25) is 0 Å². The summed E-state index contributed by atoms with van der Waals surface area (Å²) in [6, 6.07) is 14.0. The lowest BCUT2D eigenvalue weighted by Crippen LogP contribution is -2.02. The van der Waals surface area contributed by atoms with Crippen LogP contribution in [0.3, 0.4) is 0 Å². The van der Waals surface area contributed by atoms with Crippen molar-refractivity contribution in [3.8, 4) is 0 Å². The van der Waals surface area contributed by atoms with Gasteiger partial charge in [0.05, 0.1) is 0 Å². The second kappa shape index (κ2) is 4.47. The van der Waals surface area contributed by atoms with Crippen molar-refractivity contribution in [1.82, 2.24) is 0 Å². The van der Waals surface area contributed by atoms with Gasteiger partial charge in [-0.1, -0.05) is 43.0 Å². The van der Waals surface area contributed by atoms with Crippen LogP contribution in [0.1, 0.15) is 18.6 Å². The van der Waals surface area contributed by atoms with Crippen molar-refractivity contribution in [2.24, 2.45) is 0 Å². The van der Waals surface area contributed by atoms with Gasteiger partial charge in [-0.2, -0.15) is 0 Å². The fraction of sp³-hybridized carbons (Fsp3) is 0.143. The van der Waals surface area contributed by atoms with E-state index in [4.69, 9.17) is 5.26 Å². The molecule has 82 valence electrons. The van der Waals surface area contributed by atoms with Crippen molar-refractivity contribution in [2.75, 3.05) is 0 Å². The number of hydrogen-bond donors (Lipinski definition) is 1. The molecule has 0 amide bonds. The molecule has 2 heteroatoms. The Hall–Kier alpha value is -1.64. The first-order valence-corrected chi connectivity index (χ1v) is 5.16. The Labute approximate surface area is 94.7 Å². The highest BCUT2D eigenvalue weighted by Gasteiger charge is 2.12. The van der Waals surface area contributed by atoms with Crippen LogP contribution in [0.5, 0.6) is 0 Å². The maximum atomic E-state index is 8.86. The van der Waals surface area contributed by atoms with Gasteiger partial charge in [-0.05, 0) is 34.9 Å². The second-order valence-electron chi connectivity index (χ2n) is 3.94. The van der Waals surface area contributed by atoms with Gasteiger partial charge < -0.3 is 0 Å². The lowest BCUT2D eigenvalue weighted by molar-refractivity contribution is -0.271. The summed E-state index contributed by atoms with van der Waals surface area (Å²) in [7, 11) is 0. The van der Waals surface area contributed by atoms with Gasteiger partial charge >= 0.3 is 0 Å². The summed E-state index contributed by atoms with van der Waals surface area (Å²) in [5, 5.41) is 11.2. The second-order valence-corrected chi connectivity index (χ2v) is 3.94. The van der Waals surface area contributed by atoms with Gasteiger partial charge in [0.1, 0.15) is 6.10 Å². The molecule has 0 bridgehead atoms. The van der Waals surface area contributed by atoms with Gasteiger partial charge in [0.15, 0.2) is 0 Å². The van der Waals surface area contributed by atoms with Crippen molar-refractivity contribution < 1.29 is 10.1 Å². The highest BCUT2D eigenvalue weighted by molar-refractivity contribution is 5.83. The summed E-state index contributed by atoms with van der Waals surface area (Å²) in [5.41, 5.74) is 1.69. The maximum Gasteiger partial charge on any atom is 0.138 e. The predicted molar refractivity (Wildman–Crippen MR) is 65.2 cm³/mol. The van der Waals surface area contributed by atoms with E-state index in [-0.39, 0.29) is 0 Å². The molecule has 0 saturated heterocycles. The Morgan fingerprint density at radius 2 is 1.88 bits per heavy atom. The van der Waals surface area contributed by atoms with Crippen LogP contribution < -0.4 is 0 Å². The number of rotatable bonds is 3. The third-order valence-corrected chi connectivity index (χ3v) is 2.63. The molecule has 0 aliphatic carbocycles. The van der Waals surface area contributed by atoms with E-state index in [0.29, 0.717) is 0 Å². The molecule has 1 atom stereocenters. The SMILES string of the molecule is C=C(C)C(OO)c1ccc2ccccc2c1. The average molecular weight is 214 g/mol. The minimum Gasteiger partial charge on any atom is -0.251 e. The van der Waals surface area contributed by atoms with E-state index in [1.54, 1.807) is 0 Å². The molecule has 0 spiro atoms. The summed E-state index contributed by atoms with van der Waals surface area (Å²) in [6.07, 6.45) is -0.454. The van der Waals surface area contributed by atoms with E-state index in [9.17, 15) is 0 Å². The van der Waals surface area contributed by atoms with Crippen molar-refractivity contribution in [3.05, 3.63) is 60.2 Å². The van der Waals surface area contributed by atoms with Crippen LogP contribution in [-0.4, -0.2) is 5.26 Å². The highest BCUT2D eigenvalue weighted by Crippen LogP contribution is 2.26. The summed E-state index contributed by atoms with van der Waals surface area (Å²) in [5.74, 6) is 0. The summed E-state index contributed by atoms with van der Waals surface area (Å²) < 4.78 is 0. The molecule has 1 unspecified atom stereocenters. The van der Waals surface area contributed by atoms with Gasteiger partial charge in [0.2, 0.25) is 0 Å². The smallest absolute Gasteiger partial charge is 0.138 e. The van der Waals surface area contributed by atoms with Gasteiger partial charge in [-0.25, -0.2) is 4.89 Å². The Balaban J connectivity index is 2.49. The van der Waals surface area contributed by atoms with Crippen molar-refractivity contribution in [2.45, 2.75) is 13.0 Å². The molecule has 0 radical (unpaired) electrons. The van der Waals surface area contributed by atoms with Crippen LogP contribution in [0.15, 0.2) is 54.6 Å².